The standard InChI is InChI=1S/C22H20N6OS/c29-19(27-12-6-10-17-9-4-5-11-18(17)27)14-30-22-20-21(23-15-24-22)28(26-25-20)13-16-7-2-1-3-8-16/h1-5,7-9,11,15H,6,10,12-14H2. The number of nitrogens with zero attached hydrogens (tertiary/aromatic N) is 6. The fourth-order valence-corrected chi connectivity index (χ4v) is 4.55. The minimum atomic E-state index is 0.0792. The molecule has 1 amide bonds. The van der Waals surface area contributed by atoms with Crippen molar-refractivity contribution in [1.29, 1.82) is 0 Å². The van der Waals surface area contributed by atoms with Gasteiger partial charge in [0.1, 0.15) is 11.4 Å². The zero-order valence-electron chi connectivity index (χ0n) is 16.3. The highest BCUT2D eigenvalue weighted by Crippen LogP contribution is 2.29. The molecule has 0 aliphatic carbocycles. The molecule has 30 heavy (non-hydrogen) atoms. The number of thioether (sulfide) groups is 1. The summed E-state index contributed by atoms with van der Waals surface area (Å²) in [7, 11) is 0. The van der Waals surface area contributed by atoms with Gasteiger partial charge in [0.2, 0.25) is 5.91 Å². The van der Waals surface area contributed by atoms with Crippen molar-refractivity contribution in [3.05, 3.63) is 72.1 Å². The summed E-state index contributed by atoms with van der Waals surface area (Å²) >= 11 is 1.39. The number of aryl methyl sites for hydroxylation is 1. The Labute approximate surface area is 178 Å². The van der Waals surface area contributed by atoms with Gasteiger partial charge in [0, 0.05) is 12.2 Å². The van der Waals surface area contributed by atoms with Crippen LogP contribution in [0, 0.1) is 0 Å². The number of carbonyl (C=O) groups excluding carboxylic acids is 1. The minimum Gasteiger partial charge on any atom is -0.311 e. The van der Waals surface area contributed by atoms with E-state index in [1.165, 1.54) is 23.7 Å². The van der Waals surface area contributed by atoms with Crippen LogP contribution in [0.25, 0.3) is 11.2 Å². The van der Waals surface area contributed by atoms with Crippen LogP contribution in [-0.2, 0) is 17.8 Å². The topological polar surface area (TPSA) is 76.8 Å². The molecule has 5 rings (SSSR count). The van der Waals surface area contributed by atoms with Crippen molar-refractivity contribution in [2.45, 2.75) is 24.4 Å². The molecule has 0 fully saturated rings. The average Bonchev–Trinajstić information content (AvgIpc) is 3.21. The first-order valence-corrected chi connectivity index (χ1v) is 10.9. The second kappa shape index (κ2) is 8.23. The molecule has 1 aliphatic rings. The van der Waals surface area contributed by atoms with Crippen LogP contribution >= 0.6 is 11.8 Å². The van der Waals surface area contributed by atoms with Crippen molar-refractivity contribution in [2.24, 2.45) is 0 Å². The lowest BCUT2D eigenvalue weighted by molar-refractivity contribution is -0.116. The highest BCUT2D eigenvalue weighted by Gasteiger charge is 2.23. The van der Waals surface area contributed by atoms with E-state index in [4.69, 9.17) is 0 Å². The maximum absolute atomic E-state index is 12.9. The van der Waals surface area contributed by atoms with Crippen molar-refractivity contribution >= 4 is 34.5 Å². The summed E-state index contributed by atoms with van der Waals surface area (Å²) in [6, 6.07) is 18.2. The quantitative estimate of drug-likeness (QED) is 0.367. The van der Waals surface area contributed by atoms with Gasteiger partial charge in [0.25, 0.3) is 0 Å². The Morgan fingerprint density at radius 2 is 1.87 bits per heavy atom. The Morgan fingerprint density at radius 3 is 2.77 bits per heavy atom. The Balaban J connectivity index is 1.33. The van der Waals surface area contributed by atoms with Crippen LogP contribution in [0.4, 0.5) is 5.69 Å². The monoisotopic (exact) mass is 416 g/mol. The smallest absolute Gasteiger partial charge is 0.237 e. The number of amides is 1. The largest absolute Gasteiger partial charge is 0.311 e. The molecule has 2 aromatic heterocycles. The highest BCUT2D eigenvalue weighted by atomic mass is 32.2. The zero-order chi connectivity index (χ0) is 20.3. The van der Waals surface area contributed by atoms with Crippen LogP contribution in [0.3, 0.4) is 0 Å². The van der Waals surface area contributed by atoms with Gasteiger partial charge in [0.15, 0.2) is 11.2 Å². The van der Waals surface area contributed by atoms with E-state index in [9.17, 15) is 4.79 Å². The van der Waals surface area contributed by atoms with E-state index < -0.39 is 0 Å². The van der Waals surface area contributed by atoms with E-state index in [-0.39, 0.29) is 5.91 Å². The predicted octanol–water partition coefficient (Wildman–Crippen LogP) is 3.34. The summed E-state index contributed by atoms with van der Waals surface area (Å²) in [6.07, 6.45) is 3.51. The summed E-state index contributed by atoms with van der Waals surface area (Å²) in [4.78, 5) is 23.5. The maximum Gasteiger partial charge on any atom is 0.237 e. The fraction of sp³-hybridized carbons (Fsp3) is 0.227. The van der Waals surface area contributed by atoms with Crippen LogP contribution in [0.5, 0.6) is 0 Å². The van der Waals surface area contributed by atoms with Crippen LogP contribution in [0.1, 0.15) is 17.5 Å². The molecule has 0 atom stereocenters. The molecule has 0 unspecified atom stereocenters. The Morgan fingerprint density at radius 1 is 1.03 bits per heavy atom. The first-order chi connectivity index (χ1) is 14.8. The first kappa shape index (κ1) is 18.7. The van der Waals surface area contributed by atoms with Gasteiger partial charge in [-0.3, -0.25) is 4.79 Å². The van der Waals surface area contributed by atoms with Gasteiger partial charge in [-0.1, -0.05) is 65.5 Å². The third-order valence-electron chi connectivity index (χ3n) is 5.19. The molecule has 150 valence electrons. The Kier molecular flexibility index (Phi) is 5.15. The number of para-hydroxylation sites is 1. The van der Waals surface area contributed by atoms with Gasteiger partial charge >= 0.3 is 0 Å². The van der Waals surface area contributed by atoms with E-state index in [1.54, 1.807) is 4.68 Å². The molecule has 7 nitrogen and oxygen atoms in total. The number of carbonyl (C=O) groups is 1. The maximum atomic E-state index is 12.9. The molecule has 0 N–H and O–H groups in total. The number of hydrogen-bond acceptors (Lipinski definition) is 6. The zero-order valence-corrected chi connectivity index (χ0v) is 17.1. The molecule has 0 bridgehead atoms. The van der Waals surface area contributed by atoms with Crippen LogP contribution in [0.15, 0.2) is 66.0 Å². The number of rotatable bonds is 5. The van der Waals surface area contributed by atoms with E-state index in [1.807, 2.05) is 53.4 Å². The normalized spacial score (nSPS) is 13.4. The minimum absolute atomic E-state index is 0.0792. The van der Waals surface area contributed by atoms with Crippen molar-refractivity contribution in [3.8, 4) is 0 Å². The summed E-state index contributed by atoms with van der Waals surface area (Å²) < 4.78 is 1.76. The van der Waals surface area contributed by atoms with Gasteiger partial charge in [-0.2, -0.15) is 0 Å². The van der Waals surface area contributed by atoms with E-state index in [0.29, 0.717) is 28.5 Å². The van der Waals surface area contributed by atoms with Crippen molar-refractivity contribution < 1.29 is 4.79 Å². The SMILES string of the molecule is O=C(CSc1ncnc2c1nnn2Cc1ccccc1)N1CCCc2ccccc21. The molecule has 3 heterocycles. The van der Waals surface area contributed by atoms with Crippen LogP contribution in [0.2, 0.25) is 0 Å². The molecule has 1 aliphatic heterocycles. The van der Waals surface area contributed by atoms with Crippen molar-refractivity contribution in [1.82, 2.24) is 25.0 Å². The number of anilines is 1. The molecule has 0 radical (unpaired) electrons. The molecule has 8 heteroatoms. The van der Waals surface area contributed by atoms with E-state index in [2.05, 4.69) is 26.3 Å². The van der Waals surface area contributed by atoms with Gasteiger partial charge < -0.3 is 4.90 Å². The van der Waals surface area contributed by atoms with Gasteiger partial charge in [-0.25, -0.2) is 14.6 Å². The lowest BCUT2D eigenvalue weighted by Crippen LogP contribution is -2.36. The van der Waals surface area contributed by atoms with Gasteiger partial charge in [0.05, 0.1) is 12.3 Å². The van der Waals surface area contributed by atoms with Crippen LogP contribution in [-0.4, -0.2) is 43.2 Å². The number of fused-ring (bicyclic) bond motifs is 2. The lowest BCUT2D eigenvalue weighted by Gasteiger charge is -2.29. The molecule has 4 aromatic rings. The van der Waals surface area contributed by atoms with Gasteiger partial charge in [-0.15, -0.1) is 5.10 Å². The van der Waals surface area contributed by atoms with Crippen molar-refractivity contribution in [2.75, 3.05) is 17.2 Å². The Bertz CT molecular complexity index is 1190. The van der Waals surface area contributed by atoms with Crippen molar-refractivity contribution in [3.63, 3.8) is 0 Å². The molecule has 0 saturated heterocycles. The molecular weight excluding hydrogens is 396 g/mol. The number of aromatic nitrogens is 5. The van der Waals surface area contributed by atoms with E-state index in [0.717, 1.165) is 30.6 Å². The second-order valence-corrected chi connectivity index (χ2v) is 8.11. The predicted molar refractivity (Wildman–Crippen MR) is 117 cm³/mol. The summed E-state index contributed by atoms with van der Waals surface area (Å²) in [5.74, 6) is 0.377. The van der Waals surface area contributed by atoms with Crippen LogP contribution < -0.4 is 4.90 Å². The first-order valence-electron chi connectivity index (χ1n) is 9.89. The summed E-state index contributed by atoms with van der Waals surface area (Å²) in [5.41, 5.74) is 4.68. The molecule has 0 spiro atoms. The number of benzene rings is 2. The summed E-state index contributed by atoms with van der Waals surface area (Å²) in [5, 5.41) is 9.22. The van der Waals surface area contributed by atoms with E-state index >= 15 is 0 Å². The third kappa shape index (κ3) is 3.66. The van der Waals surface area contributed by atoms with Gasteiger partial charge in [-0.05, 0) is 30.0 Å². The molecule has 0 saturated carbocycles. The highest BCUT2D eigenvalue weighted by molar-refractivity contribution is 8.00. The number of hydrogen-bond donors (Lipinski definition) is 0. The second-order valence-electron chi connectivity index (χ2n) is 7.15. The average molecular weight is 417 g/mol. The summed E-state index contributed by atoms with van der Waals surface area (Å²) in [6.45, 7) is 1.34. The molecular formula is C22H20N6OS. The lowest BCUT2D eigenvalue weighted by atomic mass is 10.0. The Hall–Kier alpha value is -3.26. The third-order valence-corrected chi connectivity index (χ3v) is 6.15. The fourth-order valence-electron chi connectivity index (χ4n) is 3.74. The molecule has 2 aromatic carbocycles.